The Hall–Kier alpha value is -0.110. The Bertz CT molecular complexity index is 489. The third-order valence-corrected chi connectivity index (χ3v) is 5.17. The van der Waals surface area contributed by atoms with Crippen LogP contribution in [0.15, 0.2) is 5.38 Å². The molecule has 2 aliphatic heterocycles. The smallest absolute Gasteiger partial charge is 0.239 e. The lowest BCUT2D eigenvalue weighted by Crippen LogP contribution is -2.54. The molecule has 0 aliphatic carbocycles. The average molecular weight is 418 g/mol. The molecule has 0 bridgehead atoms. The van der Waals surface area contributed by atoms with Crippen molar-refractivity contribution in [1.29, 1.82) is 0 Å². The molecule has 1 N–H and O–H groups in total. The molecule has 1 amide bonds. The van der Waals surface area contributed by atoms with E-state index in [2.05, 4.69) is 20.6 Å². The number of hydrogen-bond acceptors (Lipinski definition) is 5. The quantitative estimate of drug-likeness (QED) is 0.821. The van der Waals surface area contributed by atoms with Crippen LogP contribution in [0.1, 0.15) is 30.0 Å². The first-order valence-electron chi connectivity index (χ1n) is 7.88. The number of rotatable bonds is 3. The van der Waals surface area contributed by atoms with Gasteiger partial charge in [-0.25, -0.2) is 4.98 Å². The Morgan fingerprint density at radius 2 is 1.96 bits per heavy atom. The first-order chi connectivity index (χ1) is 10.2. The average Bonchev–Trinajstić information content (AvgIpc) is 2.93. The summed E-state index contributed by atoms with van der Waals surface area (Å²) in [5.74, 6) is 0.304. The molecule has 0 radical (unpaired) electrons. The molecule has 3 rings (SSSR count). The van der Waals surface area contributed by atoms with Crippen molar-refractivity contribution in [2.45, 2.75) is 38.8 Å². The maximum absolute atomic E-state index is 12.5. The lowest BCUT2D eigenvalue weighted by atomic mass is 10.0. The van der Waals surface area contributed by atoms with Crippen LogP contribution in [0.2, 0.25) is 0 Å². The molecule has 2 fully saturated rings. The molecule has 2 saturated heterocycles. The molecule has 0 aromatic carbocycles. The molecule has 0 spiro atoms. The van der Waals surface area contributed by atoms with Gasteiger partial charge in [0, 0.05) is 38.1 Å². The van der Waals surface area contributed by atoms with Gasteiger partial charge in [0.1, 0.15) is 0 Å². The predicted octanol–water partition coefficient (Wildman–Crippen LogP) is 2.50. The van der Waals surface area contributed by atoms with E-state index in [1.807, 2.05) is 11.8 Å². The van der Waals surface area contributed by atoms with E-state index in [0.717, 1.165) is 56.4 Å². The minimum Gasteiger partial charge on any atom is -0.339 e. The van der Waals surface area contributed by atoms with Crippen molar-refractivity contribution in [2.24, 2.45) is 0 Å². The lowest BCUT2D eigenvalue weighted by molar-refractivity contribution is -0.135. The standard InChI is InChI=1S/C15H24N4OS.3ClH/c1-12-17-13(11-21-12)10-18-6-8-19(9-7-18)15(20)14-4-2-3-5-16-14;;;/h11,14,16H,2-10H2,1H3;3*1H/t14-;;;/m1.../s1. The molecule has 1 aromatic rings. The molecule has 1 aromatic heterocycles. The van der Waals surface area contributed by atoms with Crippen LogP contribution in [0.25, 0.3) is 0 Å². The Morgan fingerprint density at radius 3 is 2.50 bits per heavy atom. The number of halogens is 3. The highest BCUT2D eigenvalue weighted by atomic mass is 35.5. The first-order valence-corrected chi connectivity index (χ1v) is 8.76. The van der Waals surface area contributed by atoms with Crippen LogP contribution in [-0.2, 0) is 11.3 Å². The number of carbonyl (C=O) groups excluding carboxylic acids is 1. The van der Waals surface area contributed by atoms with Gasteiger partial charge < -0.3 is 10.2 Å². The number of aromatic nitrogens is 1. The van der Waals surface area contributed by atoms with Crippen LogP contribution < -0.4 is 5.32 Å². The van der Waals surface area contributed by atoms with Gasteiger partial charge in [-0.2, -0.15) is 0 Å². The summed E-state index contributed by atoms with van der Waals surface area (Å²) in [6.07, 6.45) is 3.37. The summed E-state index contributed by atoms with van der Waals surface area (Å²) >= 11 is 1.71. The van der Waals surface area contributed by atoms with E-state index in [4.69, 9.17) is 0 Å². The van der Waals surface area contributed by atoms with Gasteiger partial charge in [0.2, 0.25) is 5.91 Å². The molecule has 24 heavy (non-hydrogen) atoms. The molecule has 0 saturated carbocycles. The third kappa shape index (κ3) is 6.32. The van der Waals surface area contributed by atoms with Gasteiger partial charge >= 0.3 is 0 Å². The highest BCUT2D eigenvalue weighted by Crippen LogP contribution is 2.14. The summed E-state index contributed by atoms with van der Waals surface area (Å²) in [5, 5.41) is 6.62. The summed E-state index contributed by atoms with van der Waals surface area (Å²) in [6, 6.07) is 0.0616. The van der Waals surface area contributed by atoms with Crippen molar-refractivity contribution in [3.63, 3.8) is 0 Å². The molecular formula is C15H27Cl3N4OS. The fourth-order valence-corrected chi connectivity index (χ4v) is 3.72. The van der Waals surface area contributed by atoms with E-state index >= 15 is 0 Å². The highest BCUT2D eigenvalue weighted by molar-refractivity contribution is 7.09. The second-order valence-electron chi connectivity index (χ2n) is 5.96. The van der Waals surface area contributed by atoms with Gasteiger partial charge in [0.05, 0.1) is 16.7 Å². The number of hydrogen-bond donors (Lipinski definition) is 1. The normalized spacial score (nSPS) is 21.2. The largest absolute Gasteiger partial charge is 0.339 e. The molecule has 2 aliphatic rings. The number of piperazine rings is 1. The Labute approximate surface area is 166 Å². The number of thiazole rings is 1. The number of nitrogens with zero attached hydrogens (tertiary/aromatic N) is 3. The topological polar surface area (TPSA) is 48.5 Å². The van der Waals surface area contributed by atoms with Gasteiger partial charge in [-0.1, -0.05) is 6.42 Å². The summed E-state index contributed by atoms with van der Waals surface area (Å²) < 4.78 is 0. The van der Waals surface area contributed by atoms with Crippen molar-refractivity contribution in [2.75, 3.05) is 32.7 Å². The highest BCUT2D eigenvalue weighted by Gasteiger charge is 2.28. The predicted molar refractivity (Wildman–Crippen MR) is 106 cm³/mol. The van der Waals surface area contributed by atoms with Gasteiger partial charge in [-0.3, -0.25) is 9.69 Å². The minimum atomic E-state index is 0. The monoisotopic (exact) mass is 416 g/mol. The Balaban J connectivity index is 0.00000176. The first kappa shape index (κ1) is 23.9. The molecule has 3 heterocycles. The zero-order valence-electron chi connectivity index (χ0n) is 13.9. The molecule has 140 valence electrons. The summed E-state index contributed by atoms with van der Waals surface area (Å²) in [7, 11) is 0. The van der Waals surface area contributed by atoms with E-state index < -0.39 is 0 Å². The fourth-order valence-electron chi connectivity index (χ4n) is 3.12. The Morgan fingerprint density at radius 1 is 1.25 bits per heavy atom. The van der Waals surface area contributed by atoms with Crippen molar-refractivity contribution >= 4 is 54.5 Å². The summed E-state index contributed by atoms with van der Waals surface area (Å²) in [6.45, 7) is 7.54. The van der Waals surface area contributed by atoms with E-state index in [0.29, 0.717) is 5.91 Å². The minimum absolute atomic E-state index is 0. The number of amides is 1. The van der Waals surface area contributed by atoms with Crippen LogP contribution in [0.3, 0.4) is 0 Å². The van der Waals surface area contributed by atoms with Gasteiger partial charge in [0.15, 0.2) is 0 Å². The second kappa shape index (κ2) is 11.5. The number of carbonyl (C=O) groups is 1. The summed E-state index contributed by atoms with van der Waals surface area (Å²) in [5.41, 5.74) is 1.16. The van der Waals surface area contributed by atoms with Gasteiger partial charge in [-0.15, -0.1) is 48.6 Å². The van der Waals surface area contributed by atoms with Crippen molar-refractivity contribution in [3.8, 4) is 0 Å². The zero-order valence-corrected chi connectivity index (χ0v) is 17.2. The maximum Gasteiger partial charge on any atom is 0.239 e. The van der Waals surface area contributed by atoms with Crippen molar-refractivity contribution < 1.29 is 4.79 Å². The number of nitrogens with one attached hydrogen (secondary N) is 1. The third-order valence-electron chi connectivity index (χ3n) is 4.34. The van der Waals surface area contributed by atoms with Crippen LogP contribution in [0.4, 0.5) is 0 Å². The second-order valence-corrected chi connectivity index (χ2v) is 7.02. The van der Waals surface area contributed by atoms with Gasteiger partial charge in [-0.05, 0) is 26.3 Å². The van der Waals surface area contributed by atoms with E-state index in [1.165, 1.54) is 12.8 Å². The van der Waals surface area contributed by atoms with Crippen LogP contribution in [-0.4, -0.2) is 59.5 Å². The van der Waals surface area contributed by atoms with Crippen molar-refractivity contribution in [1.82, 2.24) is 20.1 Å². The lowest BCUT2D eigenvalue weighted by Gasteiger charge is -2.37. The maximum atomic E-state index is 12.5. The van der Waals surface area contributed by atoms with Gasteiger partial charge in [0.25, 0.3) is 0 Å². The van der Waals surface area contributed by atoms with Crippen molar-refractivity contribution in [3.05, 3.63) is 16.1 Å². The molecule has 9 heteroatoms. The molecule has 5 nitrogen and oxygen atoms in total. The molecule has 1 atom stereocenters. The number of piperidine rings is 1. The Kier molecular flexibility index (Phi) is 11.4. The SMILES string of the molecule is Cc1nc(CN2CCN(C(=O)[C@H]3CCCCN3)CC2)cs1.Cl.Cl.Cl. The zero-order chi connectivity index (χ0) is 14.7. The number of aryl methyl sites for hydroxylation is 1. The van der Waals surface area contributed by atoms with E-state index in [1.54, 1.807) is 11.3 Å². The summed E-state index contributed by atoms with van der Waals surface area (Å²) in [4.78, 5) is 21.4. The molecular weight excluding hydrogens is 391 g/mol. The van der Waals surface area contributed by atoms with E-state index in [-0.39, 0.29) is 43.3 Å². The fraction of sp³-hybridized carbons (Fsp3) is 0.733. The van der Waals surface area contributed by atoms with Crippen LogP contribution in [0.5, 0.6) is 0 Å². The molecule has 0 unspecified atom stereocenters. The van der Waals surface area contributed by atoms with E-state index in [9.17, 15) is 4.79 Å². The van der Waals surface area contributed by atoms with Crippen LogP contribution >= 0.6 is 48.6 Å². The van der Waals surface area contributed by atoms with Crippen LogP contribution in [0, 0.1) is 6.92 Å².